The minimum atomic E-state index is 0.0556. The van der Waals surface area contributed by atoms with Gasteiger partial charge in [-0.3, -0.25) is 4.79 Å². The smallest absolute Gasteiger partial charge is 0.253 e. The number of hydrogen-bond acceptors (Lipinski definition) is 5. The van der Waals surface area contributed by atoms with Crippen molar-refractivity contribution >= 4 is 11.0 Å². The fraction of sp³-hybridized carbons (Fsp3) is 0.409. The van der Waals surface area contributed by atoms with Gasteiger partial charge >= 0.3 is 0 Å². The number of nitrogens with zero attached hydrogens (tertiary/aromatic N) is 5. The molecule has 0 atom stereocenters. The summed E-state index contributed by atoms with van der Waals surface area (Å²) in [5, 5.41) is 20.4. The Morgan fingerprint density at radius 2 is 1.97 bits per heavy atom. The fourth-order valence-corrected chi connectivity index (χ4v) is 4.87. The van der Waals surface area contributed by atoms with Crippen LogP contribution in [0.25, 0.3) is 22.4 Å². The summed E-state index contributed by atoms with van der Waals surface area (Å²) in [6, 6.07) is 8.11. The molecule has 8 heteroatoms. The van der Waals surface area contributed by atoms with Crippen molar-refractivity contribution in [2.75, 3.05) is 0 Å². The van der Waals surface area contributed by atoms with Crippen LogP contribution in [-0.2, 0) is 19.4 Å². The first kappa shape index (κ1) is 17.6. The fourth-order valence-electron chi connectivity index (χ4n) is 4.87. The molecule has 0 saturated heterocycles. The van der Waals surface area contributed by atoms with Gasteiger partial charge in [0.2, 0.25) is 0 Å². The molecule has 2 N–H and O–H groups in total. The van der Waals surface area contributed by atoms with Crippen molar-refractivity contribution in [2.45, 2.75) is 57.4 Å². The molecule has 1 fully saturated rings. The third-order valence-electron chi connectivity index (χ3n) is 6.63. The van der Waals surface area contributed by atoms with Gasteiger partial charge in [0.25, 0.3) is 5.56 Å². The molecule has 0 unspecified atom stereocenters. The van der Waals surface area contributed by atoms with E-state index >= 15 is 0 Å². The van der Waals surface area contributed by atoms with Crippen molar-refractivity contribution in [2.24, 2.45) is 0 Å². The maximum Gasteiger partial charge on any atom is 0.253 e. The Balaban J connectivity index is 1.48. The molecule has 3 aromatic heterocycles. The number of benzene rings is 1. The Kier molecular flexibility index (Phi) is 4.04. The van der Waals surface area contributed by atoms with Crippen molar-refractivity contribution < 1.29 is 0 Å². The molecule has 0 radical (unpaired) electrons. The van der Waals surface area contributed by atoms with E-state index in [1.165, 1.54) is 35.9 Å². The molecule has 0 aliphatic heterocycles. The van der Waals surface area contributed by atoms with Gasteiger partial charge in [0, 0.05) is 22.4 Å². The lowest BCUT2D eigenvalue weighted by molar-refractivity contribution is 0.408. The summed E-state index contributed by atoms with van der Waals surface area (Å²) in [5.74, 6) is 1.15. The molecule has 0 amide bonds. The van der Waals surface area contributed by atoms with E-state index in [4.69, 9.17) is 5.10 Å². The second-order valence-electron chi connectivity index (χ2n) is 8.46. The van der Waals surface area contributed by atoms with Crippen molar-refractivity contribution in [3.05, 3.63) is 57.0 Å². The largest absolute Gasteiger partial charge is 0.307 e. The zero-order valence-electron chi connectivity index (χ0n) is 16.7. The molecule has 6 rings (SSSR count). The van der Waals surface area contributed by atoms with Crippen LogP contribution in [0.1, 0.15) is 60.4 Å². The van der Waals surface area contributed by atoms with Crippen LogP contribution in [0.3, 0.4) is 0 Å². The van der Waals surface area contributed by atoms with Gasteiger partial charge in [0.1, 0.15) is 5.65 Å². The van der Waals surface area contributed by atoms with E-state index < -0.39 is 0 Å². The van der Waals surface area contributed by atoms with Gasteiger partial charge in [-0.1, -0.05) is 24.6 Å². The number of nitrogens with one attached hydrogen (secondary N) is 2. The number of aryl methyl sites for hydroxylation is 1. The number of rotatable bonds is 4. The third-order valence-corrected chi connectivity index (χ3v) is 6.63. The molecule has 0 spiro atoms. The SMILES string of the molecule is O=c1[nH]c2c(c(C3CCC3)nn2Cc2cccc(-c3nnn[nH]3)c2)c2c1CCCC2. The first-order valence-electron chi connectivity index (χ1n) is 10.8. The Bertz CT molecular complexity index is 1280. The van der Waals surface area contributed by atoms with Crippen LogP contribution >= 0.6 is 0 Å². The average molecular weight is 401 g/mol. The second-order valence-corrected chi connectivity index (χ2v) is 8.46. The maximum absolute atomic E-state index is 12.8. The highest BCUT2D eigenvalue weighted by Crippen LogP contribution is 2.41. The summed E-state index contributed by atoms with van der Waals surface area (Å²) in [7, 11) is 0. The Morgan fingerprint density at radius 1 is 1.10 bits per heavy atom. The monoisotopic (exact) mass is 401 g/mol. The molecule has 30 heavy (non-hydrogen) atoms. The molecule has 8 nitrogen and oxygen atoms in total. The molecule has 3 heterocycles. The summed E-state index contributed by atoms with van der Waals surface area (Å²) in [4.78, 5) is 16.0. The molecule has 152 valence electrons. The molecular weight excluding hydrogens is 378 g/mol. The summed E-state index contributed by atoms with van der Waals surface area (Å²) in [6.45, 7) is 0.591. The molecule has 4 aromatic rings. The summed E-state index contributed by atoms with van der Waals surface area (Å²) >= 11 is 0. The van der Waals surface area contributed by atoms with Crippen molar-refractivity contribution in [1.29, 1.82) is 0 Å². The van der Waals surface area contributed by atoms with Crippen LogP contribution in [0.5, 0.6) is 0 Å². The summed E-state index contributed by atoms with van der Waals surface area (Å²) in [5.41, 5.74) is 6.35. The number of tetrazole rings is 1. The number of fused-ring (bicyclic) bond motifs is 3. The molecule has 1 aromatic carbocycles. The molecule has 1 saturated carbocycles. The van der Waals surface area contributed by atoms with E-state index in [9.17, 15) is 4.79 Å². The van der Waals surface area contributed by atoms with Gasteiger partial charge in [-0.05, 0) is 66.1 Å². The highest BCUT2D eigenvalue weighted by molar-refractivity contribution is 5.84. The number of aromatic amines is 2. The topological polar surface area (TPSA) is 105 Å². The molecular formula is C22H23N7O. The summed E-state index contributed by atoms with van der Waals surface area (Å²) < 4.78 is 1.98. The van der Waals surface area contributed by atoms with Gasteiger partial charge in [-0.25, -0.2) is 9.78 Å². The zero-order valence-corrected chi connectivity index (χ0v) is 16.7. The maximum atomic E-state index is 12.8. The van der Waals surface area contributed by atoms with Gasteiger partial charge in [0.15, 0.2) is 5.82 Å². The highest BCUT2D eigenvalue weighted by atomic mass is 16.1. The van der Waals surface area contributed by atoms with Gasteiger partial charge in [-0.15, -0.1) is 5.10 Å². The normalized spacial score (nSPS) is 16.5. The van der Waals surface area contributed by atoms with E-state index in [-0.39, 0.29) is 5.56 Å². The van der Waals surface area contributed by atoms with Crippen molar-refractivity contribution in [3.8, 4) is 11.4 Å². The Morgan fingerprint density at radius 3 is 2.73 bits per heavy atom. The number of H-pyrrole nitrogens is 2. The lowest BCUT2D eigenvalue weighted by Crippen LogP contribution is -2.20. The van der Waals surface area contributed by atoms with E-state index in [0.29, 0.717) is 18.3 Å². The number of aromatic nitrogens is 7. The minimum Gasteiger partial charge on any atom is -0.307 e. The van der Waals surface area contributed by atoms with E-state index in [2.05, 4.69) is 37.7 Å². The third kappa shape index (κ3) is 2.78. The zero-order chi connectivity index (χ0) is 20.1. The predicted molar refractivity (Wildman–Crippen MR) is 112 cm³/mol. The van der Waals surface area contributed by atoms with Crippen molar-refractivity contribution in [1.82, 2.24) is 35.4 Å². The molecule has 2 aliphatic carbocycles. The summed E-state index contributed by atoms with van der Waals surface area (Å²) in [6.07, 6.45) is 7.74. The first-order chi connectivity index (χ1) is 14.8. The molecule has 2 aliphatic rings. The highest BCUT2D eigenvalue weighted by Gasteiger charge is 2.29. The van der Waals surface area contributed by atoms with Crippen LogP contribution in [0.4, 0.5) is 0 Å². The average Bonchev–Trinajstić information content (AvgIpc) is 3.37. The van der Waals surface area contributed by atoms with E-state index in [1.807, 2.05) is 16.8 Å². The second kappa shape index (κ2) is 6.90. The quantitative estimate of drug-likeness (QED) is 0.547. The number of pyridine rings is 1. The van der Waals surface area contributed by atoms with E-state index in [0.717, 1.165) is 48.0 Å². The lowest BCUT2D eigenvalue weighted by atomic mass is 9.80. The Labute approximate surface area is 172 Å². The lowest BCUT2D eigenvalue weighted by Gasteiger charge is -2.25. The van der Waals surface area contributed by atoms with Crippen molar-refractivity contribution in [3.63, 3.8) is 0 Å². The Hall–Kier alpha value is -3.29. The van der Waals surface area contributed by atoms with Crippen LogP contribution < -0.4 is 5.56 Å². The van der Waals surface area contributed by atoms with Gasteiger partial charge in [-0.2, -0.15) is 5.10 Å². The van der Waals surface area contributed by atoms with Crippen LogP contribution in [0.15, 0.2) is 29.1 Å². The van der Waals surface area contributed by atoms with Crippen LogP contribution in [0.2, 0.25) is 0 Å². The van der Waals surface area contributed by atoms with Gasteiger partial charge < -0.3 is 4.98 Å². The number of hydrogen-bond donors (Lipinski definition) is 2. The minimum absolute atomic E-state index is 0.0556. The predicted octanol–water partition coefficient (Wildman–Crippen LogP) is 3.10. The molecule has 0 bridgehead atoms. The van der Waals surface area contributed by atoms with Crippen LogP contribution in [-0.4, -0.2) is 35.4 Å². The van der Waals surface area contributed by atoms with E-state index in [1.54, 1.807) is 0 Å². The standard InChI is InChI=1S/C22H23N7O/c30-22-17-10-2-1-9-16(17)18-19(14-6-4-7-14)26-29(21(18)23-22)12-13-5-3-8-15(11-13)20-24-27-28-25-20/h3,5,8,11,14H,1-2,4,6-7,9-10,12H2,(H,23,30)(H,24,25,27,28). The first-order valence-corrected chi connectivity index (χ1v) is 10.8. The van der Waals surface area contributed by atoms with Gasteiger partial charge in [0.05, 0.1) is 12.2 Å². The van der Waals surface area contributed by atoms with Crippen LogP contribution in [0, 0.1) is 0 Å².